The standard InChI is InChI=1S/C9H13NO5/c1-5(11)10-4-6(8(12)13)2-3-7(10)9(14)15/h6-7H,2-4H2,1H3,(H,12,13)(H,14,15). The Hall–Kier alpha value is -1.59. The van der Waals surface area contributed by atoms with E-state index in [9.17, 15) is 14.4 Å². The molecular weight excluding hydrogens is 202 g/mol. The Labute approximate surface area is 86.5 Å². The van der Waals surface area contributed by atoms with Gasteiger partial charge in [-0.2, -0.15) is 0 Å². The number of carboxylic acids is 2. The number of carboxylic acid groups (broad SMARTS) is 2. The van der Waals surface area contributed by atoms with Gasteiger partial charge < -0.3 is 15.1 Å². The Morgan fingerprint density at radius 1 is 1.13 bits per heavy atom. The molecule has 0 aliphatic carbocycles. The highest BCUT2D eigenvalue weighted by Gasteiger charge is 2.36. The highest BCUT2D eigenvalue weighted by atomic mass is 16.4. The molecule has 1 amide bonds. The van der Waals surface area contributed by atoms with E-state index >= 15 is 0 Å². The quantitative estimate of drug-likeness (QED) is 0.664. The molecule has 2 unspecified atom stereocenters. The van der Waals surface area contributed by atoms with Crippen molar-refractivity contribution in [3.8, 4) is 0 Å². The minimum atomic E-state index is -1.07. The number of rotatable bonds is 2. The van der Waals surface area contributed by atoms with E-state index in [1.807, 2.05) is 0 Å². The van der Waals surface area contributed by atoms with Gasteiger partial charge in [0, 0.05) is 13.5 Å². The van der Waals surface area contributed by atoms with Gasteiger partial charge in [0.05, 0.1) is 5.92 Å². The van der Waals surface area contributed by atoms with E-state index in [1.54, 1.807) is 0 Å². The van der Waals surface area contributed by atoms with Gasteiger partial charge in [-0.15, -0.1) is 0 Å². The van der Waals surface area contributed by atoms with Crippen LogP contribution < -0.4 is 0 Å². The number of carbonyl (C=O) groups is 3. The summed E-state index contributed by atoms with van der Waals surface area (Å²) in [4.78, 5) is 33.8. The molecule has 15 heavy (non-hydrogen) atoms. The van der Waals surface area contributed by atoms with Gasteiger partial charge in [0.1, 0.15) is 6.04 Å². The summed E-state index contributed by atoms with van der Waals surface area (Å²) in [5.74, 6) is -3.10. The van der Waals surface area contributed by atoms with Gasteiger partial charge in [0.15, 0.2) is 0 Å². The maximum absolute atomic E-state index is 11.2. The van der Waals surface area contributed by atoms with Gasteiger partial charge in [-0.3, -0.25) is 9.59 Å². The molecule has 0 saturated carbocycles. The van der Waals surface area contributed by atoms with E-state index in [1.165, 1.54) is 6.92 Å². The topological polar surface area (TPSA) is 94.9 Å². The first kappa shape index (κ1) is 11.5. The van der Waals surface area contributed by atoms with Gasteiger partial charge in [0.2, 0.25) is 5.91 Å². The monoisotopic (exact) mass is 215 g/mol. The van der Waals surface area contributed by atoms with E-state index in [0.717, 1.165) is 4.90 Å². The van der Waals surface area contributed by atoms with E-state index in [2.05, 4.69) is 0 Å². The van der Waals surface area contributed by atoms with Crippen molar-refractivity contribution >= 4 is 17.8 Å². The molecule has 0 spiro atoms. The Morgan fingerprint density at radius 2 is 1.73 bits per heavy atom. The van der Waals surface area contributed by atoms with E-state index in [-0.39, 0.29) is 13.0 Å². The first-order chi connectivity index (χ1) is 6.93. The third-order valence-electron chi connectivity index (χ3n) is 2.62. The molecule has 6 heteroatoms. The molecule has 1 aliphatic rings. The summed E-state index contributed by atoms with van der Waals surface area (Å²) in [5.41, 5.74) is 0. The Morgan fingerprint density at radius 3 is 2.13 bits per heavy atom. The molecule has 1 aliphatic heterocycles. The van der Waals surface area contributed by atoms with Gasteiger partial charge in [-0.05, 0) is 12.8 Å². The number of nitrogens with zero attached hydrogens (tertiary/aromatic N) is 1. The van der Waals surface area contributed by atoms with Crippen molar-refractivity contribution in [3.05, 3.63) is 0 Å². The second-order valence-corrected chi connectivity index (χ2v) is 3.64. The number of amides is 1. The smallest absolute Gasteiger partial charge is 0.326 e. The maximum atomic E-state index is 11.2. The zero-order valence-corrected chi connectivity index (χ0v) is 8.34. The fraction of sp³-hybridized carbons (Fsp3) is 0.667. The fourth-order valence-corrected chi connectivity index (χ4v) is 1.78. The largest absolute Gasteiger partial charge is 0.481 e. The van der Waals surface area contributed by atoms with Crippen molar-refractivity contribution in [3.63, 3.8) is 0 Å². The SMILES string of the molecule is CC(=O)N1CC(C(=O)O)CCC1C(=O)O. The lowest BCUT2D eigenvalue weighted by molar-refractivity contribution is -0.156. The average molecular weight is 215 g/mol. The van der Waals surface area contributed by atoms with Gasteiger partial charge >= 0.3 is 11.9 Å². The highest BCUT2D eigenvalue weighted by Crippen LogP contribution is 2.22. The first-order valence-corrected chi connectivity index (χ1v) is 4.66. The molecule has 1 saturated heterocycles. The van der Waals surface area contributed by atoms with Crippen molar-refractivity contribution in [2.24, 2.45) is 5.92 Å². The zero-order valence-electron chi connectivity index (χ0n) is 8.34. The van der Waals surface area contributed by atoms with Crippen LogP contribution in [0.5, 0.6) is 0 Å². The minimum Gasteiger partial charge on any atom is -0.481 e. The van der Waals surface area contributed by atoms with Crippen LogP contribution in [-0.4, -0.2) is 45.5 Å². The number of hydrogen-bond donors (Lipinski definition) is 2. The highest BCUT2D eigenvalue weighted by molar-refractivity contribution is 5.83. The zero-order chi connectivity index (χ0) is 11.6. The molecule has 1 fully saturated rings. The van der Waals surface area contributed by atoms with Gasteiger partial charge in [-0.1, -0.05) is 0 Å². The minimum absolute atomic E-state index is 0.0123. The molecule has 84 valence electrons. The fourth-order valence-electron chi connectivity index (χ4n) is 1.78. The van der Waals surface area contributed by atoms with Crippen LogP contribution in [0.4, 0.5) is 0 Å². The molecule has 6 nitrogen and oxygen atoms in total. The number of carbonyl (C=O) groups excluding carboxylic acids is 1. The summed E-state index contributed by atoms with van der Waals surface area (Å²) in [7, 11) is 0. The molecule has 0 aromatic heterocycles. The van der Waals surface area contributed by atoms with Gasteiger partial charge in [0.25, 0.3) is 0 Å². The van der Waals surface area contributed by atoms with Crippen molar-refractivity contribution in [1.82, 2.24) is 4.90 Å². The predicted octanol–water partition coefficient (Wildman–Crippen LogP) is -0.217. The summed E-state index contributed by atoms with van der Waals surface area (Å²) >= 11 is 0. The number of hydrogen-bond acceptors (Lipinski definition) is 3. The summed E-state index contributed by atoms with van der Waals surface area (Å²) in [6.45, 7) is 1.24. The van der Waals surface area contributed by atoms with Crippen LogP contribution in [0.1, 0.15) is 19.8 Å². The Balaban J connectivity index is 2.78. The van der Waals surface area contributed by atoms with Crippen molar-refractivity contribution in [2.75, 3.05) is 6.54 Å². The molecule has 1 rings (SSSR count). The molecular formula is C9H13NO5. The van der Waals surface area contributed by atoms with E-state index < -0.39 is 29.8 Å². The van der Waals surface area contributed by atoms with Crippen LogP contribution in [0.25, 0.3) is 0 Å². The lowest BCUT2D eigenvalue weighted by atomic mass is 9.93. The Kier molecular flexibility index (Phi) is 3.28. The molecule has 0 aromatic rings. The molecule has 2 N–H and O–H groups in total. The molecule has 2 atom stereocenters. The molecule has 0 bridgehead atoms. The third kappa shape index (κ3) is 2.45. The summed E-state index contributed by atoms with van der Waals surface area (Å²) in [5, 5.41) is 17.6. The number of piperidine rings is 1. The Bertz CT molecular complexity index is 301. The van der Waals surface area contributed by atoms with E-state index in [4.69, 9.17) is 10.2 Å². The molecule has 1 heterocycles. The van der Waals surface area contributed by atoms with Crippen LogP contribution in [0, 0.1) is 5.92 Å². The maximum Gasteiger partial charge on any atom is 0.326 e. The van der Waals surface area contributed by atoms with Crippen LogP contribution >= 0.6 is 0 Å². The molecule has 0 aromatic carbocycles. The number of likely N-dealkylation sites (tertiary alicyclic amines) is 1. The number of aliphatic carboxylic acids is 2. The lowest BCUT2D eigenvalue weighted by Crippen LogP contribution is -2.51. The molecule has 0 radical (unpaired) electrons. The second kappa shape index (κ2) is 4.29. The van der Waals surface area contributed by atoms with E-state index in [0.29, 0.717) is 6.42 Å². The third-order valence-corrected chi connectivity index (χ3v) is 2.62. The average Bonchev–Trinajstić information content (AvgIpc) is 2.16. The van der Waals surface area contributed by atoms with Crippen LogP contribution in [0.2, 0.25) is 0 Å². The summed E-state index contributed by atoms with van der Waals surface area (Å²) in [6, 6.07) is -0.877. The lowest BCUT2D eigenvalue weighted by Gasteiger charge is -2.35. The van der Waals surface area contributed by atoms with Crippen molar-refractivity contribution in [1.29, 1.82) is 0 Å². The van der Waals surface area contributed by atoms with Crippen LogP contribution in [0.3, 0.4) is 0 Å². The summed E-state index contributed by atoms with van der Waals surface area (Å²) < 4.78 is 0. The van der Waals surface area contributed by atoms with Crippen molar-refractivity contribution in [2.45, 2.75) is 25.8 Å². The second-order valence-electron chi connectivity index (χ2n) is 3.64. The van der Waals surface area contributed by atoms with Crippen LogP contribution in [-0.2, 0) is 14.4 Å². The van der Waals surface area contributed by atoms with Gasteiger partial charge in [-0.25, -0.2) is 4.79 Å². The normalized spacial score (nSPS) is 26.1. The van der Waals surface area contributed by atoms with Crippen LogP contribution in [0.15, 0.2) is 0 Å². The van der Waals surface area contributed by atoms with Crippen molar-refractivity contribution < 1.29 is 24.6 Å². The summed E-state index contributed by atoms with van der Waals surface area (Å²) in [6.07, 6.45) is 0.502. The predicted molar refractivity (Wildman–Crippen MR) is 49.2 cm³/mol. The first-order valence-electron chi connectivity index (χ1n) is 4.66.